The van der Waals surface area contributed by atoms with E-state index in [1.807, 2.05) is 30.4 Å². The van der Waals surface area contributed by atoms with Gasteiger partial charge in [-0.15, -0.1) is 0 Å². The van der Waals surface area contributed by atoms with Crippen molar-refractivity contribution in [3.05, 3.63) is 66.5 Å². The van der Waals surface area contributed by atoms with Gasteiger partial charge in [-0.05, 0) is 17.7 Å². The van der Waals surface area contributed by atoms with E-state index in [1.165, 1.54) is 12.1 Å². The van der Waals surface area contributed by atoms with Gasteiger partial charge in [0.15, 0.2) is 0 Å². The topological polar surface area (TPSA) is 0 Å². The fourth-order valence-corrected chi connectivity index (χ4v) is 0.920. The van der Waals surface area contributed by atoms with Gasteiger partial charge in [0.1, 0.15) is 5.82 Å². The first-order valence-electron chi connectivity index (χ1n) is 4.04. The van der Waals surface area contributed by atoms with E-state index < -0.39 is 0 Å². The van der Waals surface area contributed by atoms with Gasteiger partial charge in [0.25, 0.3) is 0 Å². The smallest absolute Gasteiger partial charge is 0.123 e. The van der Waals surface area contributed by atoms with Gasteiger partial charge in [-0.1, -0.05) is 49.1 Å². The predicted octanol–water partition coefficient (Wildman–Crippen LogP) is 3.58. The minimum atomic E-state index is -0.213. The van der Waals surface area contributed by atoms with Gasteiger partial charge >= 0.3 is 0 Å². The first kappa shape index (κ1) is 9.46. The van der Waals surface area contributed by atoms with Crippen molar-refractivity contribution in [2.75, 3.05) is 0 Å². The molecule has 1 heteroatoms. The van der Waals surface area contributed by atoms with Crippen molar-refractivity contribution in [2.45, 2.75) is 0 Å². The van der Waals surface area contributed by atoms with Crippen molar-refractivity contribution < 1.29 is 4.39 Å². The molecular weight excluding hydrogens is 163 g/mol. The van der Waals surface area contributed by atoms with Crippen LogP contribution in [-0.2, 0) is 0 Å². The number of hydrogen-bond acceptors (Lipinski definition) is 0. The van der Waals surface area contributed by atoms with Gasteiger partial charge in [0.2, 0.25) is 0 Å². The van der Waals surface area contributed by atoms with E-state index in [9.17, 15) is 4.39 Å². The molecule has 0 spiro atoms. The second-order valence-corrected chi connectivity index (χ2v) is 2.53. The summed E-state index contributed by atoms with van der Waals surface area (Å²) in [6, 6.07) is 6.45. The molecule has 0 N–H and O–H groups in total. The fraction of sp³-hybridized carbons (Fsp3) is 0. The van der Waals surface area contributed by atoms with Gasteiger partial charge < -0.3 is 0 Å². The quantitative estimate of drug-likeness (QED) is 0.614. The Kier molecular flexibility index (Phi) is 3.71. The average Bonchev–Trinajstić information content (AvgIpc) is 2.13. The Bertz CT molecular complexity index is 335. The number of hydrogen-bond donors (Lipinski definition) is 0. The highest BCUT2D eigenvalue weighted by Gasteiger charge is 1.88. The summed E-state index contributed by atoms with van der Waals surface area (Å²) in [6.07, 6.45) is 9.03. The summed E-state index contributed by atoms with van der Waals surface area (Å²) < 4.78 is 12.7. The van der Waals surface area contributed by atoms with Crippen molar-refractivity contribution in [3.8, 4) is 0 Å². The maximum Gasteiger partial charge on any atom is 0.123 e. The van der Waals surface area contributed by atoms with Gasteiger partial charge in [-0.25, -0.2) is 4.39 Å². The zero-order valence-corrected chi connectivity index (χ0v) is 7.28. The fourth-order valence-electron chi connectivity index (χ4n) is 0.920. The highest BCUT2D eigenvalue weighted by Crippen LogP contribution is 2.05. The molecule has 0 radical (unpaired) electrons. The van der Waals surface area contributed by atoms with E-state index in [0.717, 1.165) is 5.56 Å². The molecule has 0 nitrogen and oxygen atoms in total. The lowest BCUT2D eigenvalue weighted by Gasteiger charge is -1.91. The Morgan fingerprint density at radius 1 is 1.15 bits per heavy atom. The SMILES string of the molecule is C=C/C=C/C=C/c1cccc(F)c1. The zero-order chi connectivity index (χ0) is 9.52. The van der Waals surface area contributed by atoms with Crippen LogP contribution in [0.5, 0.6) is 0 Å². The number of allylic oxidation sites excluding steroid dienone is 4. The van der Waals surface area contributed by atoms with Crippen LogP contribution < -0.4 is 0 Å². The Morgan fingerprint density at radius 3 is 2.69 bits per heavy atom. The maximum atomic E-state index is 12.7. The molecule has 0 heterocycles. The highest BCUT2D eigenvalue weighted by molar-refractivity contribution is 5.50. The van der Waals surface area contributed by atoms with Crippen LogP contribution in [0.1, 0.15) is 5.56 Å². The molecule has 0 atom stereocenters. The first-order valence-corrected chi connectivity index (χ1v) is 4.04. The number of benzene rings is 1. The molecule has 0 aliphatic heterocycles. The largest absolute Gasteiger partial charge is 0.207 e. The molecule has 0 fully saturated rings. The van der Waals surface area contributed by atoms with Crippen LogP contribution in [0.4, 0.5) is 4.39 Å². The lowest BCUT2D eigenvalue weighted by Crippen LogP contribution is -1.74. The molecule has 0 unspecified atom stereocenters. The van der Waals surface area contributed by atoms with Crippen molar-refractivity contribution in [3.63, 3.8) is 0 Å². The summed E-state index contributed by atoms with van der Waals surface area (Å²) in [5.74, 6) is -0.213. The third kappa shape index (κ3) is 3.52. The molecule has 0 bridgehead atoms. The summed E-state index contributed by atoms with van der Waals surface area (Å²) in [5, 5.41) is 0. The number of halogens is 1. The van der Waals surface area contributed by atoms with Crippen molar-refractivity contribution in [2.24, 2.45) is 0 Å². The summed E-state index contributed by atoms with van der Waals surface area (Å²) in [6.45, 7) is 3.54. The van der Waals surface area contributed by atoms with Crippen LogP contribution in [0.2, 0.25) is 0 Å². The standard InChI is InChI=1S/C12H11F/c1-2-3-4-5-7-11-8-6-9-12(13)10-11/h2-10H,1H2/b4-3+,7-5+. The van der Waals surface area contributed by atoms with Crippen molar-refractivity contribution in [1.29, 1.82) is 0 Å². The molecule has 0 saturated carbocycles. The third-order valence-corrected chi connectivity index (χ3v) is 1.50. The minimum absolute atomic E-state index is 0.213. The van der Waals surface area contributed by atoms with Crippen molar-refractivity contribution in [1.82, 2.24) is 0 Å². The first-order chi connectivity index (χ1) is 6.33. The molecule has 0 aromatic heterocycles. The third-order valence-electron chi connectivity index (χ3n) is 1.50. The Hall–Kier alpha value is -1.63. The van der Waals surface area contributed by atoms with E-state index in [2.05, 4.69) is 6.58 Å². The van der Waals surface area contributed by atoms with Gasteiger partial charge in [-0.2, -0.15) is 0 Å². The van der Waals surface area contributed by atoms with E-state index >= 15 is 0 Å². The van der Waals surface area contributed by atoms with Crippen LogP contribution in [0.25, 0.3) is 6.08 Å². The van der Waals surface area contributed by atoms with Gasteiger partial charge in [-0.3, -0.25) is 0 Å². The van der Waals surface area contributed by atoms with E-state index in [-0.39, 0.29) is 5.82 Å². The molecule has 1 aromatic carbocycles. The lowest BCUT2D eigenvalue weighted by molar-refractivity contribution is 0.627. The molecule has 1 aromatic rings. The monoisotopic (exact) mass is 174 g/mol. The molecule has 13 heavy (non-hydrogen) atoms. The van der Waals surface area contributed by atoms with Crippen molar-refractivity contribution >= 4 is 6.08 Å². The van der Waals surface area contributed by atoms with Crippen LogP contribution in [0.15, 0.2) is 55.1 Å². The Labute approximate surface area is 77.7 Å². The summed E-state index contributed by atoms with van der Waals surface area (Å²) >= 11 is 0. The summed E-state index contributed by atoms with van der Waals surface area (Å²) in [4.78, 5) is 0. The van der Waals surface area contributed by atoms with Crippen LogP contribution in [-0.4, -0.2) is 0 Å². The number of rotatable bonds is 3. The second-order valence-electron chi connectivity index (χ2n) is 2.53. The summed E-state index contributed by atoms with van der Waals surface area (Å²) in [5.41, 5.74) is 0.855. The molecular formula is C12H11F. The van der Waals surface area contributed by atoms with Crippen LogP contribution in [0, 0.1) is 5.82 Å². The Morgan fingerprint density at radius 2 is 2.00 bits per heavy atom. The average molecular weight is 174 g/mol. The normalized spacial score (nSPS) is 11.2. The molecule has 0 aliphatic rings. The molecule has 1 rings (SSSR count). The van der Waals surface area contributed by atoms with Crippen LogP contribution >= 0.6 is 0 Å². The Balaban J connectivity index is 2.68. The predicted molar refractivity (Wildman–Crippen MR) is 54.8 cm³/mol. The molecule has 0 amide bonds. The van der Waals surface area contributed by atoms with Gasteiger partial charge in [0.05, 0.1) is 0 Å². The minimum Gasteiger partial charge on any atom is -0.207 e. The van der Waals surface area contributed by atoms with E-state index in [4.69, 9.17) is 0 Å². The molecule has 0 aliphatic carbocycles. The van der Waals surface area contributed by atoms with Gasteiger partial charge in [0, 0.05) is 0 Å². The highest BCUT2D eigenvalue weighted by atomic mass is 19.1. The molecule has 66 valence electrons. The maximum absolute atomic E-state index is 12.7. The molecule has 0 saturated heterocycles. The summed E-state index contributed by atoms with van der Waals surface area (Å²) in [7, 11) is 0. The second kappa shape index (κ2) is 5.09. The lowest BCUT2D eigenvalue weighted by atomic mass is 10.2. The zero-order valence-electron chi connectivity index (χ0n) is 7.28. The van der Waals surface area contributed by atoms with Crippen LogP contribution in [0.3, 0.4) is 0 Å². The van der Waals surface area contributed by atoms with E-state index in [1.54, 1.807) is 12.1 Å². The van der Waals surface area contributed by atoms with E-state index in [0.29, 0.717) is 0 Å².